The van der Waals surface area contributed by atoms with E-state index in [1.807, 2.05) is 0 Å². The van der Waals surface area contributed by atoms with Crippen molar-refractivity contribution < 1.29 is 37.7 Å². The number of alkyl halides is 1. The van der Waals surface area contributed by atoms with Crippen LogP contribution in [0.4, 0.5) is 10.3 Å². The molecule has 186 valence electrons. The van der Waals surface area contributed by atoms with Gasteiger partial charge in [0.2, 0.25) is 5.95 Å². The summed E-state index contributed by atoms with van der Waals surface area (Å²) in [4.78, 5) is 39.6. The third-order valence-electron chi connectivity index (χ3n) is 4.93. The normalized spacial score (nSPS) is 22.9. The second-order valence-corrected chi connectivity index (χ2v) is 8.59. The average Bonchev–Trinajstić information content (AvgIpc) is 3.23. The van der Waals surface area contributed by atoms with Gasteiger partial charge in [0.1, 0.15) is 19.4 Å². The first kappa shape index (κ1) is 26.0. The van der Waals surface area contributed by atoms with Crippen molar-refractivity contribution in [3.05, 3.63) is 22.2 Å². The quantitative estimate of drug-likeness (QED) is 0.413. The summed E-state index contributed by atoms with van der Waals surface area (Å²) in [5.41, 5.74) is 0.834. The Kier molecular flexibility index (Phi) is 8.21. The lowest BCUT2D eigenvalue weighted by Crippen LogP contribution is -2.40. The van der Waals surface area contributed by atoms with Crippen LogP contribution in [0.25, 0.3) is 11.0 Å². The molecule has 5 atom stereocenters. The summed E-state index contributed by atoms with van der Waals surface area (Å²) in [7, 11) is 0. The van der Waals surface area contributed by atoms with E-state index in [-0.39, 0.29) is 22.6 Å². The number of anilines is 1. The van der Waals surface area contributed by atoms with E-state index in [1.165, 1.54) is 37.5 Å². The summed E-state index contributed by atoms with van der Waals surface area (Å²) in [6.07, 6.45) is -4.35. The molecule has 1 aromatic carbocycles. The van der Waals surface area contributed by atoms with Crippen LogP contribution >= 0.6 is 23.2 Å². The molecule has 0 bridgehead atoms. The van der Waals surface area contributed by atoms with Gasteiger partial charge < -0.3 is 24.3 Å². The number of aromatic nitrogens is 2. The molecule has 1 unspecified atom stereocenters. The molecule has 3 rings (SSSR count). The lowest BCUT2D eigenvalue weighted by molar-refractivity contribution is -0.166. The summed E-state index contributed by atoms with van der Waals surface area (Å²) < 4.78 is 36.9. The van der Waals surface area contributed by atoms with Gasteiger partial charge in [-0.1, -0.05) is 23.2 Å². The van der Waals surface area contributed by atoms with Gasteiger partial charge in [0, 0.05) is 20.8 Å². The first-order valence-corrected chi connectivity index (χ1v) is 11.1. The van der Waals surface area contributed by atoms with Crippen molar-refractivity contribution in [2.24, 2.45) is 0 Å². The molecule has 1 N–H and O–H groups in total. The number of rotatable bonds is 8. The van der Waals surface area contributed by atoms with Gasteiger partial charge in [-0.3, -0.25) is 19.0 Å². The molecule has 2 heterocycles. The summed E-state index contributed by atoms with van der Waals surface area (Å²) in [5, 5.41) is 3.40. The van der Waals surface area contributed by atoms with Gasteiger partial charge in [0.25, 0.3) is 0 Å². The maximum atomic E-state index is 13.3. The minimum Gasteiger partial charge on any atom is -0.463 e. The minimum absolute atomic E-state index is 0.176. The number of fused-ring (bicyclic) bond motifs is 1. The molecule has 10 nitrogen and oxygen atoms in total. The van der Waals surface area contributed by atoms with Gasteiger partial charge >= 0.3 is 17.9 Å². The van der Waals surface area contributed by atoms with Crippen molar-refractivity contribution in [2.45, 2.75) is 58.3 Å². The molecule has 0 spiro atoms. The Balaban J connectivity index is 2.16. The van der Waals surface area contributed by atoms with E-state index in [0.717, 1.165) is 0 Å². The van der Waals surface area contributed by atoms with Crippen molar-refractivity contribution in [3.8, 4) is 0 Å². The number of nitrogens with one attached hydrogen (secondary N) is 1. The number of halogens is 3. The standard InChI is InChI=1S/C21H24Cl2FN3O7/c1-9(7-24)25-21-26-15-5-13(22)14(23)6-16(15)27(21)20-19(33-12(4)30)18(32-11(3)29)17(34-20)8-31-10(2)28/h5-6,9,17-20H,7-8H2,1-4H3,(H,25,26)/t9?,17-,18-,19-,20-/m1/s1. The number of carbonyl (C=O) groups excluding carboxylic acids is 3. The van der Waals surface area contributed by atoms with Crippen LogP contribution in [0.3, 0.4) is 0 Å². The Bertz CT molecular complexity index is 1100. The van der Waals surface area contributed by atoms with Gasteiger partial charge in [0.05, 0.1) is 27.1 Å². The number of imidazole rings is 1. The fourth-order valence-corrected chi connectivity index (χ4v) is 3.93. The summed E-state index contributed by atoms with van der Waals surface area (Å²) in [6, 6.07) is 2.43. The third kappa shape index (κ3) is 5.70. The van der Waals surface area contributed by atoms with E-state index in [9.17, 15) is 18.8 Å². The van der Waals surface area contributed by atoms with E-state index < -0.39 is 55.2 Å². The summed E-state index contributed by atoms with van der Waals surface area (Å²) in [6.45, 7) is 4.22. The zero-order valence-corrected chi connectivity index (χ0v) is 20.4. The van der Waals surface area contributed by atoms with Crippen LogP contribution in [0, 0.1) is 0 Å². The highest BCUT2D eigenvalue weighted by Crippen LogP contribution is 2.40. The molecule has 1 fully saturated rings. The number of ether oxygens (including phenoxy) is 4. The van der Waals surface area contributed by atoms with Crippen molar-refractivity contribution in [1.29, 1.82) is 0 Å². The van der Waals surface area contributed by atoms with Gasteiger partial charge in [-0.2, -0.15) is 0 Å². The van der Waals surface area contributed by atoms with Crippen LogP contribution < -0.4 is 5.32 Å². The molecule has 1 aliphatic heterocycles. The lowest BCUT2D eigenvalue weighted by Gasteiger charge is -2.25. The topological polar surface area (TPSA) is 118 Å². The van der Waals surface area contributed by atoms with E-state index in [1.54, 1.807) is 6.92 Å². The lowest BCUT2D eigenvalue weighted by atomic mass is 10.1. The highest BCUT2D eigenvalue weighted by atomic mass is 35.5. The molecule has 1 aromatic heterocycles. The van der Waals surface area contributed by atoms with Gasteiger partial charge in [-0.25, -0.2) is 9.37 Å². The third-order valence-corrected chi connectivity index (χ3v) is 5.66. The smallest absolute Gasteiger partial charge is 0.303 e. The van der Waals surface area contributed by atoms with Crippen molar-refractivity contribution in [2.75, 3.05) is 18.6 Å². The van der Waals surface area contributed by atoms with E-state index in [2.05, 4.69) is 10.3 Å². The molecule has 0 amide bonds. The molecule has 1 aliphatic rings. The predicted molar refractivity (Wildman–Crippen MR) is 120 cm³/mol. The predicted octanol–water partition coefficient (Wildman–Crippen LogP) is 3.44. The maximum absolute atomic E-state index is 13.3. The molecule has 0 saturated carbocycles. The first-order valence-electron chi connectivity index (χ1n) is 10.3. The summed E-state index contributed by atoms with van der Waals surface area (Å²) >= 11 is 12.4. The Labute approximate surface area is 204 Å². The largest absolute Gasteiger partial charge is 0.463 e. The number of nitrogens with zero attached hydrogens (tertiary/aromatic N) is 2. The summed E-state index contributed by atoms with van der Waals surface area (Å²) in [5.74, 6) is -1.73. The Hall–Kier alpha value is -2.63. The zero-order valence-electron chi connectivity index (χ0n) is 18.8. The van der Waals surface area contributed by atoms with Crippen LogP contribution in [0.5, 0.6) is 0 Å². The van der Waals surface area contributed by atoms with Crippen LogP contribution in [0.15, 0.2) is 12.1 Å². The molecular weight excluding hydrogens is 496 g/mol. The molecular formula is C21H24Cl2FN3O7. The molecule has 34 heavy (non-hydrogen) atoms. The fourth-order valence-electron chi connectivity index (χ4n) is 3.61. The number of hydrogen-bond acceptors (Lipinski definition) is 9. The van der Waals surface area contributed by atoms with E-state index in [0.29, 0.717) is 11.0 Å². The second kappa shape index (κ2) is 10.7. The molecule has 0 radical (unpaired) electrons. The number of benzene rings is 1. The second-order valence-electron chi connectivity index (χ2n) is 7.78. The number of hydrogen-bond donors (Lipinski definition) is 1. The van der Waals surface area contributed by atoms with Gasteiger partial charge in [-0.05, 0) is 19.1 Å². The Morgan fingerprint density at radius 1 is 1.12 bits per heavy atom. The van der Waals surface area contributed by atoms with Crippen molar-refractivity contribution >= 4 is 58.1 Å². The molecule has 2 aromatic rings. The van der Waals surface area contributed by atoms with E-state index in [4.69, 9.17) is 42.1 Å². The maximum Gasteiger partial charge on any atom is 0.303 e. The van der Waals surface area contributed by atoms with Crippen LogP contribution in [0.2, 0.25) is 10.0 Å². The Morgan fingerprint density at radius 2 is 1.74 bits per heavy atom. The molecule has 0 aliphatic carbocycles. The number of carbonyl (C=O) groups is 3. The van der Waals surface area contributed by atoms with Gasteiger partial charge in [-0.15, -0.1) is 0 Å². The van der Waals surface area contributed by atoms with Gasteiger partial charge in [0.15, 0.2) is 18.4 Å². The van der Waals surface area contributed by atoms with Crippen molar-refractivity contribution in [3.63, 3.8) is 0 Å². The highest BCUT2D eigenvalue weighted by molar-refractivity contribution is 6.42. The van der Waals surface area contributed by atoms with Crippen LogP contribution in [0.1, 0.15) is 33.9 Å². The zero-order chi connectivity index (χ0) is 25.2. The van der Waals surface area contributed by atoms with Crippen molar-refractivity contribution in [1.82, 2.24) is 9.55 Å². The highest BCUT2D eigenvalue weighted by Gasteiger charge is 2.51. The first-order chi connectivity index (χ1) is 16.0. The SMILES string of the molecule is CC(=O)OC[C@H]1O[C@@H](n2c(NC(C)CF)nc3cc(Cl)c(Cl)cc32)[C@H](OC(C)=O)[C@@H]1OC(C)=O. The van der Waals surface area contributed by atoms with Crippen LogP contribution in [-0.2, 0) is 33.3 Å². The molecule has 13 heteroatoms. The monoisotopic (exact) mass is 519 g/mol. The Morgan fingerprint density at radius 3 is 2.32 bits per heavy atom. The minimum atomic E-state index is -1.16. The fraction of sp³-hybridized carbons (Fsp3) is 0.524. The number of esters is 3. The average molecular weight is 520 g/mol. The van der Waals surface area contributed by atoms with E-state index >= 15 is 0 Å². The van der Waals surface area contributed by atoms with Crippen LogP contribution in [-0.4, -0.2) is 65.1 Å². The molecule has 1 saturated heterocycles.